The number of amides is 1. The topological polar surface area (TPSA) is 57.6 Å². The van der Waals surface area contributed by atoms with Gasteiger partial charge < -0.3 is 10.0 Å². The monoisotopic (exact) mass is 275 g/mol. The molecule has 0 aromatic heterocycles. The van der Waals surface area contributed by atoms with Gasteiger partial charge in [-0.25, -0.2) is 0 Å². The van der Waals surface area contributed by atoms with Crippen LogP contribution in [0.2, 0.25) is 0 Å². The lowest BCUT2D eigenvalue weighted by Crippen LogP contribution is -2.48. The van der Waals surface area contributed by atoms with Crippen molar-refractivity contribution in [3.8, 4) is 0 Å². The summed E-state index contributed by atoms with van der Waals surface area (Å²) < 4.78 is 0. The van der Waals surface area contributed by atoms with E-state index in [9.17, 15) is 9.59 Å². The first-order chi connectivity index (χ1) is 9.50. The van der Waals surface area contributed by atoms with Gasteiger partial charge >= 0.3 is 5.97 Å². The van der Waals surface area contributed by atoms with E-state index < -0.39 is 11.9 Å². The van der Waals surface area contributed by atoms with Gasteiger partial charge in [0.15, 0.2) is 0 Å². The summed E-state index contributed by atoms with van der Waals surface area (Å²) in [6.07, 6.45) is 1.41. The van der Waals surface area contributed by atoms with Gasteiger partial charge in [0.25, 0.3) is 0 Å². The molecule has 1 fully saturated rings. The number of hydrogen-bond donors (Lipinski definition) is 1. The summed E-state index contributed by atoms with van der Waals surface area (Å²) in [4.78, 5) is 25.5. The normalized spacial score (nSPS) is 24.2. The molecule has 1 aromatic carbocycles. The molecule has 1 amide bonds. The molecule has 0 aliphatic carbocycles. The predicted octanol–water partition coefficient (Wildman–Crippen LogP) is 2.50. The lowest BCUT2D eigenvalue weighted by atomic mass is 9.91. The number of rotatable bonds is 3. The Bertz CT molecular complexity index is 486. The molecular weight excluding hydrogens is 254 g/mol. The lowest BCUT2D eigenvalue weighted by molar-refractivity contribution is -0.147. The molecule has 1 saturated heterocycles. The van der Waals surface area contributed by atoms with Gasteiger partial charge in [-0.05, 0) is 32.3 Å². The van der Waals surface area contributed by atoms with Crippen molar-refractivity contribution in [1.29, 1.82) is 0 Å². The van der Waals surface area contributed by atoms with Gasteiger partial charge in [-0.2, -0.15) is 0 Å². The van der Waals surface area contributed by atoms with Gasteiger partial charge in [0, 0.05) is 12.6 Å². The molecule has 1 aromatic rings. The third kappa shape index (κ3) is 3.00. The summed E-state index contributed by atoms with van der Waals surface area (Å²) in [6.45, 7) is 4.20. The number of carbonyl (C=O) groups excluding carboxylic acids is 1. The largest absolute Gasteiger partial charge is 0.481 e. The molecular formula is C16H21NO3. The summed E-state index contributed by atoms with van der Waals surface area (Å²) in [7, 11) is 0. The van der Waals surface area contributed by atoms with Crippen molar-refractivity contribution in [2.75, 3.05) is 6.54 Å². The van der Waals surface area contributed by atoms with Crippen molar-refractivity contribution < 1.29 is 14.7 Å². The molecule has 0 radical (unpaired) electrons. The van der Waals surface area contributed by atoms with E-state index in [1.54, 1.807) is 4.90 Å². The fraction of sp³-hybridized carbons (Fsp3) is 0.500. The van der Waals surface area contributed by atoms with Crippen LogP contribution in [0.5, 0.6) is 0 Å². The molecule has 1 N–H and O–H groups in total. The van der Waals surface area contributed by atoms with Crippen molar-refractivity contribution in [3.63, 3.8) is 0 Å². The second-order valence-electron chi connectivity index (χ2n) is 5.58. The number of benzene rings is 1. The molecule has 108 valence electrons. The van der Waals surface area contributed by atoms with Gasteiger partial charge in [-0.3, -0.25) is 9.59 Å². The van der Waals surface area contributed by atoms with Gasteiger partial charge in [0.05, 0.1) is 11.8 Å². The highest BCUT2D eigenvalue weighted by Crippen LogP contribution is 2.26. The van der Waals surface area contributed by atoms with E-state index in [0.717, 1.165) is 12.0 Å². The summed E-state index contributed by atoms with van der Waals surface area (Å²) in [5.74, 6) is -1.44. The predicted molar refractivity (Wildman–Crippen MR) is 76.4 cm³/mol. The van der Waals surface area contributed by atoms with Crippen molar-refractivity contribution in [3.05, 3.63) is 35.9 Å². The number of carbonyl (C=O) groups is 2. The van der Waals surface area contributed by atoms with Crippen LogP contribution in [0.25, 0.3) is 0 Å². The first-order valence-electron chi connectivity index (χ1n) is 7.09. The molecule has 0 spiro atoms. The molecule has 4 nitrogen and oxygen atoms in total. The first-order valence-corrected chi connectivity index (χ1v) is 7.09. The molecule has 0 bridgehead atoms. The number of piperidine rings is 1. The zero-order chi connectivity index (χ0) is 14.7. The number of aliphatic carboxylic acids is 1. The van der Waals surface area contributed by atoms with Gasteiger partial charge in [-0.15, -0.1) is 0 Å². The van der Waals surface area contributed by atoms with E-state index in [4.69, 9.17) is 5.11 Å². The average molecular weight is 275 g/mol. The third-order valence-electron chi connectivity index (χ3n) is 4.18. The summed E-state index contributed by atoms with van der Waals surface area (Å²) in [5, 5.41) is 9.14. The Balaban J connectivity index is 2.12. The fourth-order valence-corrected chi connectivity index (χ4v) is 2.75. The van der Waals surface area contributed by atoms with Crippen molar-refractivity contribution in [2.45, 2.75) is 38.6 Å². The summed E-state index contributed by atoms with van der Waals surface area (Å²) in [5.41, 5.74) is 0.974. The molecule has 0 saturated carbocycles. The minimum Gasteiger partial charge on any atom is -0.481 e. The van der Waals surface area contributed by atoms with Crippen LogP contribution in [0.15, 0.2) is 30.3 Å². The smallest absolute Gasteiger partial charge is 0.308 e. The van der Waals surface area contributed by atoms with E-state index in [-0.39, 0.29) is 17.9 Å². The Morgan fingerprint density at radius 3 is 2.50 bits per heavy atom. The number of carboxylic acid groups (broad SMARTS) is 1. The molecule has 3 unspecified atom stereocenters. The second kappa shape index (κ2) is 6.07. The maximum Gasteiger partial charge on any atom is 0.308 e. The maximum atomic E-state index is 12.6. The first kappa shape index (κ1) is 14.6. The SMILES string of the molecule is CC(C(=O)N1CC(C(=O)O)CCC1C)c1ccccc1. The maximum absolute atomic E-state index is 12.6. The highest BCUT2D eigenvalue weighted by atomic mass is 16.4. The highest BCUT2D eigenvalue weighted by molar-refractivity contribution is 5.84. The Morgan fingerprint density at radius 2 is 1.90 bits per heavy atom. The van der Waals surface area contributed by atoms with Crippen LogP contribution < -0.4 is 0 Å². The Morgan fingerprint density at radius 1 is 1.25 bits per heavy atom. The van der Waals surface area contributed by atoms with E-state index in [2.05, 4.69) is 0 Å². The van der Waals surface area contributed by atoms with Crippen LogP contribution in [0.1, 0.15) is 38.2 Å². The van der Waals surface area contributed by atoms with Gasteiger partial charge in [-0.1, -0.05) is 30.3 Å². The van der Waals surface area contributed by atoms with Crippen molar-refractivity contribution in [1.82, 2.24) is 4.90 Å². The molecule has 4 heteroatoms. The molecule has 20 heavy (non-hydrogen) atoms. The van der Waals surface area contributed by atoms with Crippen molar-refractivity contribution >= 4 is 11.9 Å². The summed E-state index contributed by atoms with van der Waals surface area (Å²) in [6, 6.07) is 9.74. The molecule has 1 heterocycles. The minimum atomic E-state index is -0.804. The average Bonchev–Trinajstić information content (AvgIpc) is 2.47. The van der Waals surface area contributed by atoms with E-state index >= 15 is 0 Å². The van der Waals surface area contributed by atoms with Crippen LogP contribution in [-0.2, 0) is 9.59 Å². The van der Waals surface area contributed by atoms with Crippen LogP contribution >= 0.6 is 0 Å². The van der Waals surface area contributed by atoms with E-state index in [1.165, 1.54) is 0 Å². The van der Waals surface area contributed by atoms with Gasteiger partial charge in [0.2, 0.25) is 5.91 Å². The highest BCUT2D eigenvalue weighted by Gasteiger charge is 2.34. The number of hydrogen-bond acceptors (Lipinski definition) is 2. The van der Waals surface area contributed by atoms with Crippen LogP contribution in [-0.4, -0.2) is 34.5 Å². The third-order valence-corrected chi connectivity index (χ3v) is 4.18. The summed E-state index contributed by atoms with van der Waals surface area (Å²) >= 11 is 0. The van der Waals surface area contributed by atoms with Crippen LogP contribution in [0.4, 0.5) is 0 Å². The standard InChI is InChI=1S/C16H21NO3/c1-11-8-9-14(16(19)20)10-17(11)15(18)12(2)13-6-4-3-5-7-13/h3-7,11-12,14H,8-10H2,1-2H3,(H,19,20). The molecule has 2 rings (SSSR count). The van der Waals surface area contributed by atoms with Crippen LogP contribution in [0, 0.1) is 5.92 Å². The molecule has 1 aliphatic rings. The Hall–Kier alpha value is -1.84. The van der Waals surface area contributed by atoms with E-state index in [1.807, 2.05) is 44.2 Å². The quantitative estimate of drug-likeness (QED) is 0.922. The number of likely N-dealkylation sites (tertiary alicyclic amines) is 1. The fourth-order valence-electron chi connectivity index (χ4n) is 2.75. The minimum absolute atomic E-state index is 0.0228. The molecule has 1 aliphatic heterocycles. The zero-order valence-corrected chi connectivity index (χ0v) is 12.0. The van der Waals surface area contributed by atoms with Crippen LogP contribution in [0.3, 0.4) is 0 Å². The number of carboxylic acids is 1. The lowest BCUT2D eigenvalue weighted by Gasteiger charge is -2.38. The van der Waals surface area contributed by atoms with E-state index in [0.29, 0.717) is 13.0 Å². The number of nitrogens with zero attached hydrogens (tertiary/aromatic N) is 1. The Labute approximate surface area is 119 Å². The van der Waals surface area contributed by atoms with Crippen molar-refractivity contribution in [2.24, 2.45) is 5.92 Å². The second-order valence-corrected chi connectivity index (χ2v) is 5.58. The zero-order valence-electron chi connectivity index (χ0n) is 12.0. The molecule has 3 atom stereocenters. The Kier molecular flexibility index (Phi) is 4.42. The van der Waals surface area contributed by atoms with Gasteiger partial charge in [0.1, 0.15) is 0 Å².